The predicted molar refractivity (Wildman–Crippen MR) is 90.0 cm³/mol. The zero-order valence-electron chi connectivity index (χ0n) is 13.5. The van der Waals surface area contributed by atoms with Gasteiger partial charge in [-0.25, -0.2) is 13.7 Å². The average Bonchev–Trinajstić information content (AvgIpc) is 3.00. The Hall–Kier alpha value is -2.54. The monoisotopic (exact) mass is 346 g/mol. The predicted octanol–water partition coefficient (Wildman–Crippen LogP) is 3.12. The summed E-state index contributed by atoms with van der Waals surface area (Å²) in [7, 11) is 0. The Labute approximate surface area is 143 Å². The van der Waals surface area contributed by atoms with Crippen LogP contribution in [0.15, 0.2) is 29.4 Å². The number of nitrogens with zero attached hydrogens (tertiary/aromatic N) is 6. The summed E-state index contributed by atoms with van der Waals surface area (Å²) in [5.74, 6) is 1.11. The summed E-state index contributed by atoms with van der Waals surface area (Å²) in [5.41, 5.74) is 2.40. The molecule has 3 rings (SSSR count). The van der Waals surface area contributed by atoms with Gasteiger partial charge in [-0.15, -0.1) is 10.2 Å². The molecule has 0 aliphatic carbocycles. The lowest BCUT2D eigenvalue weighted by Gasteiger charge is -2.03. The molecule has 0 unspecified atom stereocenters. The molecule has 0 spiro atoms. The molecular formula is C16H16ClFN6. The molecule has 0 atom stereocenters. The van der Waals surface area contributed by atoms with Crippen LogP contribution in [0.4, 0.5) is 4.39 Å². The average molecular weight is 347 g/mol. The van der Waals surface area contributed by atoms with E-state index < -0.39 is 0 Å². The molecule has 0 saturated heterocycles. The zero-order valence-corrected chi connectivity index (χ0v) is 14.3. The summed E-state index contributed by atoms with van der Waals surface area (Å²) in [6.45, 7) is 5.96. The number of rotatable bonds is 4. The van der Waals surface area contributed by atoms with Crippen molar-refractivity contribution in [3.8, 4) is 0 Å². The first-order chi connectivity index (χ1) is 11.5. The van der Waals surface area contributed by atoms with E-state index in [4.69, 9.17) is 11.6 Å². The molecule has 0 saturated carbocycles. The lowest BCUT2D eigenvalue weighted by atomic mass is 10.2. The van der Waals surface area contributed by atoms with E-state index in [0.29, 0.717) is 23.3 Å². The molecule has 0 bridgehead atoms. The van der Waals surface area contributed by atoms with Crippen LogP contribution in [0.1, 0.15) is 28.5 Å². The van der Waals surface area contributed by atoms with Gasteiger partial charge in [-0.3, -0.25) is 0 Å². The minimum atomic E-state index is -0.269. The number of aryl methyl sites for hydroxylation is 3. The van der Waals surface area contributed by atoms with Gasteiger partial charge in [0.25, 0.3) is 0 Å². The van der Waals surface area contributed by atoms with E-state index in [1.54, 1.807) is 27.7 Å². The van der Waals surface area contributed by atoms with E-state index in [0.717, 1.165) is 16.8 Å². The molecule has 0 amide bonds. The molecule has 2 aromatic heterocycles. The Bertz CT molecular complexity index is 875. The lowest BCUT2D eigenvalue weighted by molar-refractivity contribution is 0.624. The molecule has 2 heterocycles. The fourth-order valence-electron chi connectivity index (χ4n) is 2.33. The molecule has 0 radical (unpaired) electrons. The molecule has 124 valence electrons. The second kappa shape index (κ2) is 6.52. The molecule has 6 nitrogen and oxygen atoms in total. The highest BCUT2D eigenvalue weighted by molar-refractivity contribution is 6.32. The van der Waals surface area contributed by atoms with Crippen molar-refractivity contribution in [1.82, 2.24) is 24.7 Å². The van der Waals surface area contributed by atoms with Gasteiger partial charge in [-0.2, -0.15) is 10.2 Å². The van der Waals surface area contributed by atoms with E-state index in [2.05, 4.69) is 20.4 Å². The second-order valence-electron chi connectivity index (χ2n) is 5.42. The van der Waals surface area contributed by atoms with E-state index in [1.165, 1.54) is 12.1 Å². The maximum absolute atomic E-state index is 13.0. The van der Waals surface area contributed by atoms with Crippen LogP contribution in [0.25, 0.3) is 0 Å². The molecular weight excluding hydrogens is 331 g/mol. The fraction of sp³-hybridized carbons (Fsp3) is 0.250. The third-order valence-corrected chi connectivity index (χ3v) is 4.01. The number of hydrogen-bond donors (Lipinski definition) is 0. The first-order valence-electron chi connectivity index (χ1n) is 7.36. The Morgan fingerprint density at radius 1 is 1.12 bits per heavy atom. The lowest BCUT2D eigenvalue weighted by Crippen LogP contribution is -2.02. The second-order valence-corrected chi connectivity index (χ2v) is 5.78. The Balaban J connectivity index is 1.88. The van der Waals surface area contributed by atoms with Gasteiger partial charge >= 0.3 is 0 Å². The minimum Gasteiger partial charge on any atom is -0.249 e. The number of hydrogen-bond acceptors (Lipinski definition) is 4. The van der Waals surface area contributed by atoms with Gasteiger partial charge in [0.15, 0.2) is 11.6 Å². The Morgan fingerprint density at radius 3 is 2.38 bits per heavy atom. The van der Waals surface area contributed by atoms with Crippen LogP contribution in [-0.4, -0.2) is 30.9 Å². The smallest absolute Gasteiger partial charge is 0.151 e. The number of halogens is 2. The van der Waals surface area contributed by atoms with Crippen LogP contribution < -0.4 is 0 Å². The van der Waals surface area contributed by atoms with Crippen molar-refractivity contribution in [3.63, 3.8) is 0 Å². The normalized spacial score (nSPS) is 11.5. The van der Waals surface area contributed by atoms with Crippen molar-refractivity contribution >= 4 is 17.8 Å². The molecule has 0 N–H and O–H groups in total. The largest absolute Gasteiger partial charge is 0.249 e. The molecule has 1 aromatic carbocycles. The van der Waals surface area contributed by atoms with Crippen LogP contribution in [0, 0.1) is 26.6 Å². The van der Waals surface area contributed by atoms with Crippen LogP contribution in [0.5, 0.6) is 0 Å². The summed E-state index contributed by atoms with van der Waals surface area (Å²) >= 11 is 6.43. The highest BCUT2D eigenvalue weighted by atomic mass is 35.5. The highest BCUT2D eigenvalue weighted by Gasteiger charge is 2.12. The molecule has 0 aliphatic rings. The van der Waals surface area contributed by atoms with Crippen molar-refractivity contribution in [1.29, 1.82) is 0 Å². The molecule has 0 fully saturated rings. The van der Waals surface area contributed by atoms with Crippen LogP contribution in [0.3, 0.4) is 0 Å². The number of aromatic nitrogens is 5. The van der Waals surface area contributed by atoms with Gasteiger partial charge in [0.05, 0.1) is 24.0 Å². The van der Waals surface area contributed by atoms with Gasteiger partial charge in [-0.1, -0.05) is 23.7 Å². The van der Waals surface area contributed by atoms with Gasteiger partial charge in [-0.05, 0) is 38.5 Å². The van der Waals surface area contributed by atoms with E-state index in [-0.39, 0.29) is 5.82 Å². The zero-order chi connectivity index (χ0) is 17.3. The quantitative estimate of drug-likeness (QED) is 0.682. The van der Waals surface area contributed by atoms with E-state index >= 15 is 0 Å². The minimum absolute atomic E-state index is 0.269. The third-order valence-electron chi connectivity index (χ3n) is 3.61. The van der Waals surface area contributed by atoms with Crippen molar-refractivity contribution in [2.75, 3.05) is 0 Å². The first kappa shape index (κ1) is 16.3. The van der Waals surface area contributed by atoms with Crippen molar-refractivity contribution < 1.29 is 4.39 Å². The summed E-state index contributed by atoms with van der Waals surface area (Å²) in [6, 6.07) is 6.25. The van der Waals surface area contributed by atoms with Gasteiger partial charge in [0.1, 0.15) is 11.0 Å². The van der Waals surface area contributed by atoms with Gasteiger partial charge in [0, 0.05) is 0 Å². The summed E-state index contributed by atoms with van der Waals surface area (Å²) in [4.78, 5) is 0. The van der Waals surface area contributed by atoms with Gasteiger partial charge < -0.3 is 0 Å². The van der Waals surface area contributed by atoms with E-state index in [1.807, 2.05) is 20.8 Å². The van der Waals surface area contributed by atoms with Crippen molar-refractivity contribution in [2.24, 2.45) is 5.10 Å². The SMILES string of the molecule is Cc1nn(Cc2ccc(F)cc2)c(Cl)c1C=Nn1c(C)nnc1C. The van der Waals surface area contributed by atoms with Crippen LogP contribution in [0.2, 0.25) is 5.15 Å². The van der Waals surface area contributed by atoms with E-state index in [9.17, 15) is 4.39 Å². The van der Waals surface area contributed by atoms with Crippen molar-refractivity contribution in [2.45, 2.75) is 27.3 Å². The summed E-state index contributed by atoms with van der Waals surface area (Å²) in [6.07, 6.45) is 1.65. The molecule has 3 aromatic rings. The molecule has 0 aliphatic heterocycles. The topological polar surface area (TPSA) is 60.9 Å². The van der Waals surface area contributed by atoms with Gasteiger partial charge in [0.2, 0.25) is 0 Å². The van der Waals surface area contributed by atoms with Crippen molar-refractivity contribution in [3.05, 3.63) is 63.7 Å². The molecule has 8 heteroatoms. The molecule has 24 heavy (non-hydrogen) atoms. The summed E-state index contributed by atoms with van der Waals surface area (Å²) < 4.78 is 16.3. The first-order valence-corrected chi connectivity index (χ1v) is 7.74. The maximum atomic E-state index is 13.0. The summed E-state index contributed by atoms with van der Waals surface area (Å²) in [5, 5.41) is 17.2. The van der Waals surface area contributed by atoms with Crippen LogP contribution >= 0.6 is 11.6 Å². The fourth-order valence-corrected chi connectivity index (χ4v) is 2.61. The van der Waals surface area contributed by atoms with Crippen LogP contribution in [-0.2, 0) is 6.54 Å². The third kappa shape index (κ3) is 3.21. The Morgan fingerprint density at radius 2 is 1.75 bits per heavy atom. The number of benzene rings is 1. The Kier molecular flexibility index (Phi) is 4.44. The standard InChI is InChI=1S/C16H16ClFN6/c1-10-15(8-19-24-11(2)20-21-12(24)3)16(17)23(22-10)9-13-4-6-14(18)7-5-13/h4-8H,9H2,1-3H3. The maximum Gasteiger partial charge on any atom is 0.151 e. The highest BCUT2D eigenvalue weighted by Crippen LogP contribution is 2.19.